The Labute approximate surface area is 169 Å². The average Bonchev–Trinajstić information content (AvgIpc) is 2.62. The van der Waals surface area contributed by atoms with Crippen molar-refractivity contribution >= 4 is 33.0 Å². The number of carbonyl (C=O) groups excluding carboxylic acids is 1. The first kappa shape index (κ1) is 22.2. The molecule has 0 saturated carbocycles. The van der Waals surface area contributed by atoms with Crippen molar-refractivity contribution in [2.24, 2.45) is 0 Å². The summed E-state index contributed by atoms with van der Waals surface area (Å²) in [6.07, 6.45) is 0.997. The third-order valence-corrected chi connectivity index (χ3v) is 5.65. The summed E-state index contributed by atoms with van der Waals surface area (Å²) in [5.74, 6) is -0.338. The average molecular weight is 421 g/mol. The molecule has 9 nitrogen and oxygen atoms in total. The predicted octanol–water partition coefficient (Wildman–Crippen LogP) is 3.01. The highest BCUT2D eigenvalue weighted by Crippen LogP contribution is 2.33. The smallest absolute Gasteiger partial charge is 0.274 e. The van der Waals surface area contributed by atoms with E-state index in [0.29, 0.717) is 5.75 Å². The summed E-state index contributed by atoms with van der Waals surface area (Å²) in [5.41, 5.74) is 1.39. The Kier molecular flexibility index (Phi) is 6.48. The number of methoxy groups -OCH3 is 1. The lowest BCUT2D eigenvalue weighted by Crippen LogP contribution is -2.45. The number of aryl methyl sites for hydroxylation is 1. The quantitative estimate of drug-likeness (QED) is 0.542. The molecule has 0 radical (unpaired) electrons. The van der Waals surface area contributed by atoms with Gasteiger partial charge >= 0.3 is 0 Å². The first-order valence-corrected chi connectivity index (χ1v) is 10.5. The number of hydrogen-bond donors (Lipinski definition) is 1. The second kappa shape index (κ2) is 8.48. The van der Waals surface area contributed by atoms with E-state index in [4.69, 9.17) is 4.74 Å². The van der Waals surface area contributed by atoms with Crippen LogP contribution in [0.4, 0.5) is 17.1 Å². The number of anilines is 2. The summed E-state index contributed by atoms with van der Waals surface area (Å²) in [7, 11) is -2.44. The van der Waals surface area contributed by atoms with Gasteiger partial charge < -0.3 is 10.1 Å². The van der Waals surface area contributed by atoms with Crippen LogP contribution >= 0.6 is 0 Å². The Hall–Kier alpha value is -3.14. The molecule has 0 aliphatic carbocycles. The Bertz CT molecular complexity index is 1050. The number of benzene rings is 2. The van der Waals surface area contributed by atoms with Crippen molar-refractivity contribution < 1.29 is 22.9 Å². The van der Waals surface area contributed by atoms with Crippen molar-refractivity contribution in [3.8, 4) is 5.75 Å². The molecule has 156 valence electrons. The molecule has 0 saturated heterocycles. The molecule has 1 amide bonds. The van der Waals surface area contributed by atoms with Crippen LogP contribution in [-0.2, 0) is 14.8 Å². The van der Waals surface area contributed by atoms with Gasteiger partial charge in [-0.3, -0.25) is 19.2 Å². The second-order valence-electron chi connectivity index (χ2n) is 6.61. The molecule has 0 heterocycles. The summed E-state index contributed by atoms with van der Waals surface area (Å²) in [6.45, 7) is 4.74. The number of amides is 1. The first-order chi connectivity index (χ1) is 13.5. The lowest BCUT2D eigenvalue weighted by Gasteiger charge is -2.29. The van der Waals surface area contributed by atoms with E-state index in [1.54, 1.807) is 25.1 Å². The van der Waals surface area contributed by atoms with Crippen LogP contribution < -0.4 is 14.4 Å². The number of carbonyl (C=O) groups is 1. The summed E-state index contributed by atoms with van der Waals surface area (Å²) in [4.78, 5) is 23.4. The van der Waals surface area contributed by atoms with Crippen molar-refractivity contribution in [1.82, 2.24) is 0 Å². The largest absolute Gasteiger partial charge is 0.495 e. The zero-order valence-electron chi connectivity index (χ0n) is 16.8. The Morgan fingerprint density at radius 2 is 1.90 bits per heavy atom. The molecule has 10 heteroatoms. The van der Waals surface area contributed by atoms with Gasteiger partial charge in [-0.05, 0) is 44.5 Å². The molecule has 0 bridgehead atoms. The molecule has 1 N–H and O–H groups in total. The number of sulfonamides is 1. The van der Waals surface area contributed by atoms with Crippen molar-refractivity contribution in [2.75, 3.05) is 23.0 Å². The van der Waals surface area contributed by atoms with Crippen molar-refractivity contribution in [2.45, 2.75) is 26.8 Å². The van der Waals surface area contributed by atoms with E-state index in [0.717, 1.165) is 16.1 Å². The Balaban J connectivity index is 2.45. The molecule has 1 atom stereocenters. The highest BCUT2D eigenvalue weighted by Gasteiger charge is 2.32. The minimum absolute atomic E-state index is 0.143. The lowest BCUT2D eigenvalue weighted by molar-refractivity contribution is -0.385. The number of rotatable bonds is 7. The third kappa shape index (κ3) is 4.83. The summed E-state index contributed by atoms with van der Waals surface area (Å²) < 4.78 is 31.3. The van der Waals surface area contributed by atoms with Gasteiger partial charge in [0, 0.05) is 6.07 Å². The lowest BCUT2D eigenvalue weighted by atomic mass is 10.1. The highest BCUT2D eigenvalue weighted by molar-refractivity contribution is 7.92. The van der Waals surface area contributed by atoms with Gasteiger partial charge in [-0.2, -0.15) is 0 Å². The summed E-state index contributed by atoms with van der Waals surface area (Å²) in [5, 5.41) is 13.7. The van der Waals surface area contributed by atoms with Crippen LogP contribution in [-0.4, -0.2) is 38.7 Å². The molecular formula is C19H23N3O6S. The van der Waals surface area contributed by atoms with E-state index in [9.17, 15) is 23.3 Å². The maximum Gasteiger partial charge on any atom is 0.274 e. The minimum atomic E-state index is -3.85. The molecule has 2 aromatic carbocycles. The molecule has 2 aromatic rings. The molecule has 0 spiro atoms. The van der Waals surface area contributed by atoms with Crippen LogP contribution in [0, 0.1) is 24.0 Å². The van der Waals surface area contributed by atoms with E-state index in [2.05, 4.69) is 5.32 Å². The van der Waals surface area contributed by atoms with E-state index >= 15 is 0 Å². The van der Waals surface area contributed by atoms with Gasteiger partial charge in [0.05, 0.1) is 35.2 Å². The third-order valence-electron chi connectivity index (χ3n) is 4.42. The molecule has 0 unspecified atom stereocenters. The van der Waals surface area contributed by atoms with Gasteiger partial charge in [0.1, 0.15) is 11.8 Å². The topological polar surface area (TPSA) is 119 Å². The molecule has 0 aliphatic rings. The maximum atomic E-state index is 12.9. The Morgan fingerprint density at radius 3 is 2.45 bits per heavy atom. The van der Waals surface area contributed by atoms with Crippen LogP contribution in [0.15, 0.2) is 36.4 Å². The fourth-order valence-electron chi connectivity index (χ4n) is 2.95. The zero-order chi connectivity index (χ0) is 21.9. The monoisotopic (exact) mass is 421 g/mol. The van der Waals surface area contributed by atoms with Gasteiger partial charge in [-0.25, -0.2) is 8.42 Å². The number of nitrogens with one attached hydrogen (secondary N) is 1. The summed E-state index contributed by atoms with van der Waals surface area (Å²) in [6, 6.07) is 8.16. The molecule has 29 heavy (non-hydrogen) atoms. The SMILES string of the molecule is COc1ccc(C)cc1N([C@@H](C)C(=O)Nc1cccc([N+](=O)[O-])c1C)S(C)(=O)=O. The molecule has 2 rings (SSSR count). The van der Waals surface area contributed by atoms with E-state index < -0.39 is 26.9 Å². The maximum absolute atomic E-state index is 12.9. The zero-order valence-corrected chi connectivity index (χ0v) is 17.6. The van der Waals surface area contributed by atoms with Crippen molar-refractivity contribution in [3.05, 3.63) is 57.6 Å². The highest BCUT2D eigenvalue weighted by atomic mass is 32.2. The summed E-state index contributed by atoms with van der Waals surface area (Å²) >= 11 is 0. The van der Waals surface area contributed by atoms with Crippen molar-refractivity contribution in [3.63, 3.8) is 0 Å². The van der Waals surface area contributed by atoms with Gasteiger partial charge in [0.2, 0.25) is 15.9 Å². The van der Waals surface area contributed by atoms with Crippen LogP contribution in [0.1, 0.15) is 18.1 Å². The van der Waals surface area contributed by atoms with E-state index in [1.807, 2.05) is 0 Å². The minimum Gasteiger partial charge on any atom is -0.495 e. The van der Waals surface area contributed by atoms with Gasteiger partial charge in [0.25, 0.3) is 5.69 Å². The number of ether oxygens (including phenoxy) is 1. The number of nitrogens with zero attached hydrogens (tertiary/aromatic N) is 2. The fraction of sp³-hybridized carbons (Fsp3) is 0.316. The first-order valence-electron chi connectivity index (χ1n) is 8.66. The standard InChI is InChI=1S/C19H23N3O6S/c1-12-9-10-18(28-4)17(11-12)21(29(5,26)27)14(3)19(23)20-15-7-6-8-16(13(15)2)22(24)25/h6-11,14H,1-5H3,(H,20,23)/t14-/m0/s1. The second-order valence-corrected chi connectivity index (χ2v) is 8.47. The number of hydrogen-bond acceptors (Lipinski definition) is 6. The fourth-order valence-corrected chi connectivity index (χ4v) is 4.12. The number of nitro benzene ring substituents is 1. The molecular weight excluding hydrogens is 398 g/mol. The van der Waals surface area contributed by atoms with Gasteiger partial charge in [-0.15, -0.1) is 0 Å². The normalized spacial score (nSPS) is 12.2. The molecule has 0 fully saturated rings. The molecule has 0 aliphatic heterocycles. The van der Waals surface area contributed by atoms with Crippen LogP contribution in [0.3, 0.4) is 0 Å². The van der Waals surface area contributed by atoms with Crippen LogP contribution in [0.2, 0.25) is 0 Å². The Morgan fingerprint density at radius 1 is 1.24 bits per heavy atom. The van der Waals surface area contributed by atoms with Gasteiger partial charge in [0.15, 0.2) is 0 Å². The number of nitro groups is 1. The van der Waals surface area contributed by atoms with E-state index in [1.165, 1.54) is 39.2 Å². The molecule has 0 aromatic heterocycles. The van der Waals surface area contributed by atoms with Crippen LogP contribution in [0.25, 0.3) is 0 Å². The predicted molar refractivity (Wildman–Crippen MR) is 111 cm³/mol. The van der Waals surface area contributed by atoms with Crippen molar-refractivity contribution in [1.29, 1.82) is 0 Å². The van der Waals surface area contributed by atoms with Gasteiger partial charge in [-0.1, -0.05) is 12.1 Å². The van der Waals surface area contributed by atoms with Crippen LogP contribution in [0.5, 0.6) is 5.75 Å². The van der Waals surface area contributed by atoms with E-state index in [-0.39, 0.29) is 22.6 Å².